The third kappa shape index (κ3) is 1.51. The van der Waals surface area contributed by atoms with Gasteiger partial charge in [0.25, 0.3) is 0 Å². The number of hydrogen-bond acceptors (Lipinski definition) is 1. The highest BCUT2D eigenvalue weighted by Crippen LogP contribution is 2.44. The van der Waals surface area contributed by atoms with Gasteiger partial charge in [-0.3, -0.25) is 0 Å². The van der Waals surface area contributed by atoms with E-state index >= 15 is 0 Å². The lowest BCUT2D eigenvalue weighted by molar-refractivity contribution is 0.669. The molecule has 7 aromatic rings. The number of halogens is 1. The highest BCUT2D eigenvalue weighted by Gasteiger charge is 2.20. The fourth-order valence-corrected chi connectivity index (χ4v) is 5.05. The summed E-state index contributed by atoms with van der Waals surface area (Å²) in [7, 11) is 0. The van der Waals surface area contributed by atoms with E-state index in [0.717, 1.165) is 43.3 Å². The summed E-state index contributed by atoms with van der Waals surface area (Å²) in [5.41, 5.74) is 5.32. The summed E-state index contributed by atoms with van der Waals surface area (Å²) in [6.45, 7) is 0. The first-order chi connectivity index (χ1) is 13.3. The van der Waals surface area contributed by atoms with Crippen molar-refractivity contribution in [1.82, 2.24) is 4.40 Å². The average Bonchev–Trinajstić information content (AvgIpc) is 3.19. The minimum atomic E-state index is 0.756. The Morgan fingerprint density at radius 1 is 0.593 bits per heavy atom. The van der Waals surface area contributed by atoms with Gasteiger partial charge in [0.05, 0.1) is 21.9 Å². The molecule has 0 saturated carbocycles. The third-order valence-corrected chi connectivity index (χ3v) is 6.11. The van der Waals surface area contributed by atoms with Gasteiger partial charge in [-0.2, -0.15) is 0 Å². The quantitative estimate of drug-likeness (QED) is 0.274. The second kappa shape index (κ2) is 4.54. The Morgan fingerprint density at radius 2 is 1.33 bits per heavy atom. The van der Waals surface area contributed by atoms with E-state index in [1.54, 1.807) is 0 Å². The molecule has 2 nitrogen and oxygen atoms in total. The average molecular weight is 366 g/mol. The van der Waals surface area contributed by atoms with Crippen molar-refractivity contribution in [3.63, 3.8) is 0 Å². The van der Waals surface area contributed by atoms with E-state index in [-0.39, 0.29) is 0 Å². The van der Waals surface area contributed by atoms with Crippen LogP contribution in [0.2, 0.25) is 5.02 Å². The molecule has 0 saturated heterocycles. The van der Waals surface area contributed by atoms with Crippen molar-refractivity contribution in [3.8, 4) is 0 Å². The van der Waals surface area contributed by atoms with E-state index in [9.17, 15) is 0 Å². The maximum atomic E-state index is 6.76. The molecule has 3 heteroatoms. The van der Waals surface area contributed by atoms with Crippen LogP contribution in [-0.4, -0.2) is 4.40 Å². The SMILES string of the molecule is Clc1ccc2oc3cccc4c3c2c1c1cccc2c3ccccc3n4c21. The van der Waals surface area contributed by atoms with E-state index in [1.807, 2.05) is 18.2 Å². The standard InChI is InChI=1S/C24H12ClNO/c25-16-11-12-20-23-21(16)15-7-3-6-14-13-5-1-2-8-17(13)26(24(14)15)18-9-4-10-19(27-20)22(18)23/h1-12H. The lowest BCUT2D eigenvalue weighted by atomic mass is 10.0. The first kappa shape index (κ1) is 13.9. The molecule has 0 spiro atoms. The number of hydrogen-bond donors (Lipinski definition) is 0. The largest absolute Gasteiger partial charge is 0.456 e. The van der Waals surface area contributed by atoms with Gasteiger partial charge in [-0.25, -0.2) is 0 Å². The lowest BCUT2D eigenvalue weighted by Gasteiger charge is -2.01. The fraction of sp³-hybridized carbons (Fsp3) is 0. The minimum Gasteiger partial charge on any atom is -0.456 e. The zero-order valence-electron chi connectivity index (χ0n) is 14.2. The number of furan rings is 1. The van der Waals surface area contributed by atoms with E-state index in [0.29, 0.717) is 0 Å². The summed E-state index contributed by atoms with van der Waals surface area (Å²) in [6, 6.07) is 25.3. The Labute approximate surface area is 158 Å². The molecule has 4 aromatic carbocycles. The van der Waals surface area contributed by atoms with Crippen LogP contribution in [0.3, 0.4) is 0 Å². The van der Waals surface area contributed by atoms with Crippen LogP contribution in [0.4, 0.5) is 0 Å². The molecule has 0 N–H and O–H groups in total. The van der Waals surface area contributed by atoms with Crippen molar-refractivity contribution in [2.75, 3.05) is 0 Å². The summed E-state index contributed by atoms with van der Waals surface area (Å²) in [6.07, 6.45) is 0. The first-order valence-corrected chi connectivity index (χ1v) is 9.37. The van der Waals surface area contributed by atoms with Crippen molar-refractivity contribution < 1.29 is 4.42 Å². The van der Waals surface area contributed by atoms with Crippen LogP contribution in [0, 0.1) is 0 Å². The molecule has 0 aliphatic rings. The number of fused-ring (bicyclic) bond motifs is 5. The van der Waals surface area contributed by atoms with Crippen molar-refractivity contribution in [1.29, 1.82) is 0 Å². The van der Waals surface area contributed by atoms with Crippen LogP contribution in [0.1, 0.15) is 0 Å². The molecule has 3 heterocycles. The first-order valence-electron chi connectivity index (χ1n) is 8.99. The van der Waals surface area contributed by atoms with Crippen molar-refractivity contribution in [3.05, 3.63) is 77.8 Å². The molecular formula is C24H12ClNO. The Bertz CT molecular complexity index is 1690. The lowest BCUT2D eigenvalue weighted by Crippen LogP contribution is -1.84. The monoisotopic (exact) mass is 365 g/mol. The molecule has 0 bridgehead atoms. The van der Waals surface area contributed by atoms with E-state index in [4.69, 9.17) is 16.0 Å². The molecule has 0 unspecified atom stereocenters. The van der Waals surface area contributed by atoms with E-state index < -0.39 is 0 Å². The van der Waals surface area contributed by atoms with Gasteiger partial charge in [-0.15, -0.1) is 0 Å². The molecule has 126 valence electrons. The van der Waals surface area contributed by atoms with E-state index in [2.05, 4.69) is 59.0 Å². The van der Waals surface area contributed by atoms with Crippen molar-refractivity contribution in [2.24, 2.45) is 0 Å². The highest BCUT2D eigenvalue weighted by atomic mass is 35.5. The van der Waals surface area contributed by atoms with Gasteiger partial charge in [-0.1, -0.05) is 54.1 Å². The van der Waals surface area contributed by atoms with Crippen molar-refractivity contribution >= 4 is 71.6 Å². The molecule has 3 aromatic heterocycles. The van der Waals surface area contributed by atoms with Gasteiger partial charge < -0.3 is 8.82 Å². The van der Waals surface area contributed by atoms with Gasteiger partial charge in [0.2, 0.25) is 0 Å². The van der Waals surface area contributed by atoms with Gasteiger partial charge >= 0.3 is 0 Å². The normalized spacial score (nSPS) is 12.6. The fourth-order valence-electron chi connectivity index (χ4n) is 4.79. The number of benzene rings is 4. The second-order valence-corrected chi connectivity index (χ2v) is 7.51. The maximum absolute atomic E-state index is 6.76. The molecule has 0 fully saturated rings. The highest BCUT2D eigenvalue weighted by molar-refractivity contribution is 6.42. The van der Waals surface area contributed by atoms with Crippen LogP contribution in [0.15, 0.2) is 77.2 Å². The van der Waals surface area contributed by atoms with Crippen LogP contribution in [0.25, 0.3) is 60.0 Å². The summed E-state index contributed by atoms with van der Waals surface area (Å²) in [4.78, 5) is 0. The maximum Gasteiger partial charge on any atom is 0.137 e. The van der Waals surface area contributed by atoms with Gasteiger partial charge in [0.1, 0.15) is 11.2 Å². The summed E-state index contributed by atoms with van der Waals surface area (Å²) in [5.74, 6) is 0. The number of para-hydroxylation sites is 2. The molecule has 0 atom stereocenters. The number of rotatable bonds is 0. The Balaban J connectivity index is 2.07. The zero-order valence-corrected chi connectivity index (χ0v) is 14.9. The molecule has 0 aliphatic carbocycles. The molecule has 0 radical (unpaired) electrons. The van der Waals surface area contributed by atoms with E-state index in [1.165, 1.54) is 21.8 Å². The van der Waals surface area contributed by atoms with Gasteiger partial charge in [0, 0.05) is 32.0 Å². The number of aromatic nitrogens is 1. The Kier molecular flexibility index (Phi) is 2.34. The minimum absolute atomic E-state index is 0.756. The van der Waals surface area contributed by atoms with Crippen LogP contribution in [-0.2, 0) is 0 Å². The smallest absolute Gasteiger partial charge is 0.137 e. The van der Waals surface area contributed by atoms with Crippen LogP contribution < -0.4 is 0 Å². The van der Waals surface area contributed by atoms with Crippen LogP contribution >= 0.6 is 11.6 Å². The molecular weight excluding hydrogens is 354 g/mol. The zero-order chi connectivity index (χ0) is 17.7. The summed E-state index contributed by atoms with van der Waals surface area (Å²) >= 11 is 6.76. The Morgan fingerprint density at radius 3 is 2.30 bits per heavy atom. The van der Waals surface area contributed by atoms with Gasteiger partial charge in [-0.05, 0) is 30.3 Å². The molecule has 7 rings (SSSR count). The molecule has 0 aliphatic heterocycles. The summed E-state index contributed by atoms with van der Waals surface area (Å²) in [5, 5.41) is 7.70. The predicted molar refractivity (Wildman–Crippen MR) is 113 cm³/mol. The Hall–Kier alpha value is -3.23. The summed E-state index contributed by atoms with van der Waals surface area (Å²) < 4.78 is 8.56. The predicted octanol–water partition coefficient (Wildman–Crippen LogP) is 7.39. The second-order valence-electron chi connectivity index (χ2n) is 7.10. The van der Waals surface area contributed by atoms with Gasteiger partial charge in [0.15, 0.2) is 0 Å². The van der Waals surface area contributed by atoms with Crippen LogP contribution in [0.5, 0.6) is 0 Å². The topological polar surface area (TPSA) is 17.6 Å². The number of nitrogens with zero attached hydrogens (tertiary/aromatic N) is 1. The van der Waals surface area contributed by atoms with Crippen molar-refractivity contribution in [2.45, 2.75) is 0 Å². The molecule has 27 heavy (non-hydrogen) atoms. The third-order valence-electron chi connectivity index (χ3n) is 5.80. The molecule has 0 amide bonds.